The molecule has 4 heteroatoms. The van der Waals surface area contributed by atoms with E-state index in [1.165, 1.54) is 0 Å². The van der Waals surface area contributed by atoms with Crippen LogP contribution in [0.3, 0.4) is 0 Å². The lowest BCUT2D eigenvalue weighted by Gasteiger charge is -2.26. The highest BCUT2D eigenvalue weighted by molar-refractivity contribution is 5.90. The van der Waals surface area contributed by atoms with Crippen molar-refractivity contribution >= 4 is 11.7 Å². The van der Waals surface area contributed by atoms with Gasteiger partial charge in [-0.15, -0.1) is 0 Å². The molecular formula is C12H22N2O2. The summed E-state index contributed by atoms with van der Waals surface area (Å²) in [4.78, 5) is 25.1. The number of nitrogens with two attached hydrogens (primary N) is 1. The van der Waals surface area contributed by atoms with Gasteiger partial charge < -0.3 is 10.6 Å². The number of rotatable bonds is 4. The monoisotopic (exact) mass is 226 g/mol. The third-order valence-electron chi connectivity index (χ3n) is 3.05. The van der Waals surface area contributed by atoms with Crippen LogP contribution in [0.15, 0.2) is 0 Å². The van der Waals surface area contributed by atoms with Gasteiger partial charge in [0.05, 0.1) is 12.1 Å². The molecule has 0 aromatic heterocycles. The summed E-state index contributed by atoms with van der Waals surface area (Å²) in [6.45, 7) is 6.30. The lowest BCUT2D eigenvalue weighted by molar-refractivity contribution is -0.138. The van der Waals surface area contributed by atoms with Gasteiger partial charge in [-0.25, -0.2) is 0 Å². The fraction of sp³-hybridized carbons (Fsp3) is 0.833. The molecule has 1 heterocycles. The molecule has 1 rings (SSSR count). The maximum Gasteiger partial charge on any atom is 0.240 e. The van der Waals surface area contributed by atoms with Gasteiger partial charge in [-0.3, -0.25) is 9.59 Å². The van der Waals surface area contributed by atoms with E-state index in [4.69, 9.17) is 5.73 Å². The predicted molar refractivity (Wildman–Crippen MR) is 62.8 cm³/mol. The summed E-state index contributed by atoms with van der Waals surface area (Å²) in [7, 11) is 0. The Balaban J connectivity index is 2.62. The molecule has 1 aliphatic heterocycles. The van der Waals surface area contributed by atoms with E-state index in [-0.39, 0.29) is 17.7 Å². The number of carbonyl (C=O) groups excluding carboxylic acids is 2. The molecule has 2 N–H and O–H groups in total. The quantitative estimate of drug-likeness (QED) is 0.776. The Hall–Kier alpha value is -0.900. The normalized spacial score (nSPS) is 22.6. The van der Waals surface area contributed by atoms with Crippen molar-refractivity contribution in [3.05, 3.63) is 0 Å². The molecule has 1 fully saturated rings. The Kier molecular flexibility index (Phi) is 4.47. The van der Waals surface area contributed by atoms with Crippen LogP contribution in [-0.2, 0) is 9.59 Å². The summed E-state index contributed by atoms with van der Waals surface area (Å²) < 4.78 is 0. The van der Waals surface area contributed by atoms with Gasteiger partial charge in [-0.2, -0.15) is 0 Å². The number of hydrogen-bond donors (Lipinski definition) is 1. The Morgan fingerprint density at radius 2 is 2.06 bits per heavy atom. The average molecular weight is 226 g/mol. The fourth-order valence-electron chi connectivity index (χ4n) is 2.27. The summed E-state index contributed by atoms with van der Waals surface area (Å²) in [5.41, 5.74) is 5.86. The largest absolute Gasteiger partial charge is 0.331 e. The Bertz CT molecular complexity index is 276. The minimum Gasteiger partial charge on any atom is -0.331 e. The molecule has 0 aromatic rings. The molecule has 0 bridgehead atoms. The van der Waals surface area contributed by atoms with Crippen LogP contribution in [0.2, 0.25) is 0 Å². The molecule has 1 amide bonds. The van der Waals surface area contributed by atoms with Gasteiger partial charge in [-0.05, 0) is 32.1 Å². The van der Waals surface area contributed by atoms with Crippen molar-refractivity contribution in [2.45, 2.75) is 52.1 Å². The standard InChI is InChI=1S/C12H22N2O2/c1-8(2)7-10(13)12(16)14-6-4-5-11(14)9(3)15/h8,10-11H,4-7,13H2,1-3H3. The van der Waals surface area contributed by atoms with Crippen molar-refractivity contribution in [2.75, 3.05) is 6.54 Å². The molecule has 0 aromatic carbocycles. The summed E-state index contributed by atoms with van der Waals surface area (Å²) >= 11 is 0. The molecule has 0 spiro atoms. The molecule has 92 valence electrons. The molecule has 0 saturated carbocycles. The van der Waals surface area contributed by atoms with E-state index < -0.39 is 6.04 Å². The van der Waals surface area contributed by atoms with Crippen LogP contribution in [0.4, 0.5) is 0 Å². The Labute approximate surface area is 97.2 Å². The zero-order chi connectivity index (χ0) is 12.3. The zero-order valence-electron chi connectivity index (χ0n) is 10.4. The number of likely N-dealkylation sites (tertiary alicyclic amines) is 1. The first-order chi connectivity index (χ1) is 7.43. The predicted octanol–water partition coefficient (Wildman–Crippen LogP) is 0.940. The smallest absolute Gasteiger partial charge is 0.240 e. The first-order valence-corrected chi connectivity index (χ1v) is 6.00. The van der Waals surface area contributed by atoms with Gasteiger partial charge >= 0.3 is 0 Å². The van der Waals surface area contributed by atoms with Gasteiger partial charge in [0, 0.05) is 6.54 Å². The SMILES string of the molecule is CC(=O)C1CCCN1C(=O)C(N)CC(C)C. The molecule has 2 unspecified atom stereocenters. The molecular weight excluding hydrogens is 204 g/mol. The van der Waals surface area contributed by atoms with Crippen LogP contribution >= 0.6 is 0 Å². The number of ketones is 1. The molecule has 1 saturated heterocycles. The average Bonchev–Trinajstić information content (AvgIpc) is 2.63. The third-order valence-corrected chi connectivity index (χ3v) is 3.05. The maximum atomic E-state index is 12.0. The first kappa shape index (κ1) is 13.2. The van der Waals surface area contributed by atoms with Gasteiger partial charge in [0.15, 0.2) is 5.78 Å². The summed E-state index contributed by atoms with van der Waals surface area (Å²) in [6, 6.07) is -0.689. The molecule has 2 atom stereocenters. The summed E-state index contributed by atoms with van der Waals surface area (Å²) in [5, 5.41) is 0. The molecule has 0 radical (unpaired) electrons. The van der Waals surface area contributed by atoms with Crippen molar-refractivity contribution in [2.24, 2.45) is 11.7 Å². The second kappa shape index (κ2) is 5.43. The van der Waals surface area contributed by atoms with E-state index >= 15 is 0 Å². The molecule has 4 nitrogen and oxygen atoms in total. The van der Waals surface area contributed by atoms with Crippen LogP contribution in [0, 0.1) is 5.92 Å². The second-order valence-electron chi connectivity index (χ2n) is 5.04. The number of nitrogens with zero attached hydrogens (tertiary/aromatic N) is 1. The van der Waals surface area contributed by atoms with E-state index in [0.29, 0.717) is 18.9 Å². The fourth-order valence-corrected chi connectivity index (χ4v) is 2.27. The zero-order valence-corrected chi connectivity index (χ0v) is 10.4. The first-order valence-electron chi connectivity index (χ1n) is 6.00. The van der Waals surface area contributed by atoms with E-state index in [1.54, 1.807) is 11.8 Å². The topological polar surface area (TPSA) is 63.4 Å². The highest BCUT2D eigenvalue weighted by Gasteiger charge is 2.34. The van der Waals surface area contributed by atoms with Gasteiger partial charge in [0.1, 0.15) is 0 Å². The minimum atomic E-state index is -0.458. The highest BCUT2D eigenvalue weighted by Crippen LogP contribution is 2.19. The van der Waals surface area contributed by atoms with Crippen molar-refractivity contribution in [3.63, 3.8) is 0 Å². The van der Waals surface area contributed by atoms with Gasteiger partial charge in [0.2, 0.25) is 5.91 Å². The van der Waals surface area contributed by atoms with Crippen molar-refractivity contribution in [1.29, 1.82) is 0 Å². The van der Waals surface area contributed by atoms with Crippen LogP contribution in [0.1, 0.15) is 40.0 Å². The Morgan fingerprint density at radius 1 is 1.44 bits per heavy atom. The lowest BCUT2D eigenvalue weighted by Crippen LogP contribution is -2.48. The van der Waals surface area contributed by atoms with Crippen molar-refractivity contribution in [1.82, 2.24) is 4.90 Å². The molecule has 1 aliphatic rings. The minimum absolute atomic E-state index is 0.0635. The van der Waals surface area contributed by atoms with Gasteiger partial charge in [-0.1, -0.05) is 13.8 Å². The number of amides is 1. The van der Waals surface area contributed by atoms with Gasteiger partial charge in [0.25, 0.3) is 0 Å². The number of carbonyl (C=O) groups is 2. The van der Waals surface area contributed by atoms with Crippen molar-refractivity contribution in [3.8, 4) is 0 Å². The van der Waals surface area contributed by atoms with Crippen LogP contribution in [-0.4, -0.2) is 35.2 Å². The Morgan fingerprint density at radius 3 is 2.56 bits per heavy atom. The third kappa shape index (κ3) is 3.04. The number of Topliss-reactive ketones (excluding diaryl/α,β-unsaturated/α-hetero) is 1. The van der Waals surface area contributed by atoms with Crippen LogP contribution < -0.4 is 5.73 Å². The van der Waals surface area contributed by atoms with Crippen LogP contribution in [0.25, 0.3) is 0 Å². The second-order valence-corrected chi connectivity index (χ2v) is 5.04. The number of hydrogen-bond acceptors (Lipinski definition) is 3. The highest BCUT2D eigenvalue weighted by atomic mass is 16.2. The van der Waals surface area contributed by atoms with E-state index in [9.17, 15) is 9.59 Å². The van der Waals surface area contributed by atoms with E-state index in [2.05, 4.69) is 0 Å². The van der Waals surface area contributed by atoms with Crippen LogP contribution in [0.5, 0.6) is 0 Å². The molecule has 0 aliphatic carbocycles. The lowest BCUT2D eigenvalue weighted by atomic mass is 10.0. The van der Waals surface area contributed by atoms with E-state index in [1.807, 2.05) is 13.8 Å². The maximum absolute atomic E-state index is 12.0. The van der Waals surface area contributed by atoms with E-state index in [0.717, 1.165) is 12.8 Å². The van der Waals surface area contributed by atoms with Crippen molar-refractivity contribution < 1.29 is 9.59 Å². The summed E-state index contributed by atoms with van der Waals surface area (Å²) in [5.74, 6) is 0.409. The molecule has 16 heavy (non-hydrogen) atoms. The summed E-state index contributed by atoms with van der Waals surface area (Å²) in [6.07, 6.45) is 2.37.